The van der Waals surface area contributed by atoms with Gasteiger partial charge in [0.15, 0.2) is 11.5 Å². The number of aryl methyl sites for hydroxylation is 1. The maximum atomic E-state index is 13.4. The molecule has 37 heavy (non-hydrogen) atoms. The van der Waals surface area contributed by atoms with Gasteiger partial charge < -0.3 is 33.5 Å². The number of amides is 1. The molecule has 0 radical (unpaired) electrons. The first kappa shape index (κ1) is 24.2. The summed E-state index contributed by atoms with van der Waals surface area (Å²) in [6, 6.07) is 9.22. The summed E-state index contributed by atoms with van der Waals surface area (Å²) in [5.41, 5.74) is 0.884. The van der Waals surface area contributed by atoms with Crippen molar-refractivity contribution in [3.05, 3.63) is 71.8 Å². The van der Waals surface area contributed by atoms with Crippen LogP contribution in [-0.4, -0.2) is 65.2 Å². The van der Waals surface area contributed by atoms with Crippen LogP contribution in [0, 0.1) is 0 Å². The SMILES string of the molecule is COc1ccc([C@H]2C(=C(O)c3ccc4c(c3)OCCO4)C(=O)C(=O)N2CCCn2ccnc2)c(OC)c1. The molecule has 5 rings (SSSR count). The number of ketones is 1. The van der Waals surface area contributed by atoms with Crippen molar-refractivity contribution in [1.29, 1.82) is 0 Å². The molecule has 192 valence electrons. The van der Waals surface area contributed by atoms with Crippen molar-refractivity contribution >= 4 is 17.4 Å². The minimum absolute atomic E-state index is 0.0206. The molecule has 1 fully saturated rings. The Hall–Kier alpha value is -4.47. The molecule has 0 aliphatic carbocycles. The maximum Gasteiger partial charge on any atom is 0.295 e. The van der Waals surface area contributed by atoms with Crippen molar-refractivity contribution < 1.29 is 33.6 Å². The largest absolute Gasteiger partial charge is 0.507 e. The van der Waals surface area contributed by atoms with Crippen LogP contribution in [0.5, 0.6) is 23.0 Å². The number of benzene rings is 2. The first-order valence-corrected chi connectivity index (χ1v) is 11.9. The van der Waals surface area contributed by atoms with Gasteiger partial charge in [-0.3, -0.25) is 9.59 Å². The van der Waals surface area contributed by atoms with Crippen LogP contribution < -0.4 is 18.9 Å². The molecule has 10 heteroatoms. The predicted octanol–water partition coefficient (Wildman–Crippen LogP) is 3.18. The number of carbonyl (C=O) groups excluding carboxylic acids is 2. The molecule has 2 aliphatic rings. The highest BCUT2D eigenvalue weighted by Gasteiger charge is 2.47. The summed E-state index contributed by atoms with van der Waals surface area (Å²) in [5, 5.41) is 11.4. The van der Waals surface area contributed by atoms with Crippen molar-refractivity contribution in [3.8, 4) is 23.0 Å². The van der Waals surface area contributed by atoms with Gasteiger partial charge in [-0.1, -0.05) is 0 Å². The highest BCUT2D eigenvalue weighted by atomic mass is 16.6. The topological polar surface area (TPSA) is 112 Å². The summed E-state index contributed by atoms with van der Waals surface area (Å²) in [4.78, 5) is 32.2. The maximum absolute atomic E-state index is 13.4. The van der Waals surface area contributed by atoms with Gasteiger partial charge in [0, 0.05) is 42.7 Å². The molecule has 1 N–H and O–H groups in total. The van der Waals surface area contributed by atoms with Crippen LogP contribution in [0.4, 0.5) is 0 Å². The molecule has 10 nitrogen and oxygen atoms in total. The number of carbonyl (C=O) groups is 2. The number of hydrogen-bond donors (Lipinski definition) is 1. The van der Waals surface area contributed by atoms with Gasteiger partial charge in [-0.15, -0.1) is 0 Å². The number of aliphatic hydroxyl groups excluding tert-OH is 1. The number of Topliss-reactive ketones (excluding diaryl/α,β-unsaturated/α-hetero) is 1. The van der Waals surface area contributed by atoms with Crippen LogP contribution in [-0.2, 0) is 16.1 Å². The van der Waals surface area contributed by atoms with Gasteiger partial charge in [-0.25, -0.2) is 4.98 Å². The fourth-order valence-electron chi connectivity index (χ4n) is 4.67. The van der Waals surface area contributed by atoms with E-state index in [1.54, 1.807) is 56.0 Å². The van der Waals surface area contributed by atoms with Gasteiger partial charge in [-0.2, -0.15) is 0 Å². The highest BCUT2D eigenvalue weighted by molar-refractivity contribution is 6.46. The third-order valence-corrected chi connectivity index (χ3v) is 6.47. The van der Waals surface area contributed by atoms with Crippen LogP contribution in [0.3, 0.4) is 0 Å². The molecule has 3 aromatic rings. The monoisotopic (exact) mass is 505 g/mol. The minimum Gasteiger partial charge on any atom is -0.507 e. The molecule has 0 unspecified atom stereocenters. The van der Waals surface area contributed by atoms with E-state index in [9.17, 15) is 14.7 Å². The molecule has 0 saturated carbocycles. The molecule has 3 heterocycles. The Morgan fingerprint density at radius 1 is 1.05 bits per heavy atom. The van der Waals surface area contributed by atoms with Crippen molar-refractivity contribution in [3.63, 3.8) is 0 Å². The predicted molar refractivity (Wildman–Crippen MR) is 133 cm³/mol. The molecule has 2 aromatic carbocycles. The lowest BCUT2D eigenvalue weighted by molar-refractivity contribution is -0.140. The second kappa shape index (κ2) is 10.3. The van der Waals surface area contributed by atoms with E-state index in [4.69, 9.17) is 18.9 Å². The zero-order valence-electron chi connectivity index (χ0n) is 20.5. The summed E-state index contributed by atoms with van der Waals surface area (Å²) in [6.45, 7) is 1.69. The van der Waals surface area contributed by atoms with Gasteiger partial charge >= 0.3 is 0 Å². The standard InChI is InChI=1S/C27H27N3O7/c1-34-18-5-6-19(21(15-18)35-2)24-23(25(31)17-4-7-20-22(14-17)37-13-12-36-20)26(32)27(33)30(24)10-3-9-29-11-8-28-16-29/h4-8,11,14-16,24,31H,3,9-10,12-13H2,1-2H3/t24-/m0/s1. The molecule has 1 amide bonds. The number of methoxy groups -OCH3 is 2. The fraction of sp³-hybridized carbons (Fsp3) is 0.296. The van der Waals surface area contributed by atoms with Crippen LogP contribution in [0.15, 0.2) is 60.7 Å². The van der Waals surface area contributed by atoms with Crippen LogP contribution in [0.1, 0.15) is 23.6 Å². The van der Waals surface area contributed by atoms with Gasteiger partial charge in [0.25, 0.3) is 11.7 Å². The Kier molecular flexibility index (Phi) is 6.72. The Bertz CT molecular complexity index is 1350. The lowest BCUT2D eigenvalue weighted by Crippen LogP contribution is -2.31. The highest BCUT2D eigenvalue weighted by Crippen LogP contribution is 2.44. The van der Waals surface area contributed by atoms with E-state index in [1.807, 2.05) is 10.8 Å². The summed E-state index contributed by atoms with van der Waals surface area (Å²) in [6.07, 6.45) is 5.78. The van der Waals surface area contributed by atoms with Crippen LogP contribution >= 0.6 is 0 Å². The van der Waals surface area contributed by atoms with Crippen molar-refractivity contribution in [2.24, 2.45) is 0 Å². The zero-order chi connectivity index (χ0) is 25.9. The molecule has 2 aliphatic heterocycles. The Morgan fingerprint density at radius 3 is 2.59 bits per heavy atom. The number of aliphatic hydroxyl groups is 1. The van der Waals surface area contributed by atoms with E-state index in [0.29, 0.717) is 60.3 Å². The molecule has 1 atom stereocenters. The van der Waals surface area contributed by atoms with E-state index in [-0.39, 0.29) is 17.9 Å². The second-order valence-electron chi connectivity index (χ2n) is 8.61. The lowest BCUT2D eigenvalue weighted by atomic mass is 9.94. The van der Waals surface area contributed by atoms with Gasteiger partial charge in [-0.05, 0) is 36.8 Å². The number of likely N-dealkylation sites (tertiary alicyclic amines) is 1. The van der Waals surface area contributed by atoms with Gasteiger partial charge in [0.05, 0.1) is 32.2 Å². The smallest absolute Gasteiger partial charge is 0.295 e. The average molecular weight is 506 g/mol. The molecule has 1 saturated heterocycles. The number of hydrogen-bond acceptors (Lipinski definition) is 8. The normalized spacial score (nSPS) is 18.2. The van der Waals surface area contributed by atoms with Crippen LogP contribution in [0.25, 0.3) is 5.76 Å². The second-order valence-corrected chi connectivity index (χ2v) is 8.61. The summed E-state index contributed by atoms with van der Waals surface area (Å²) in [5.74, 6) is 0.254. The fourth-order valence-corrected chi connectivity index (χ4v) is 4.67. The van der Waals surface area contributed by atoms with Gasteiger partial charge in [0.2, 0.25) is 0 Å². The van der Waals surface area contributed by atoms with E-state index >= 15 is 0 Å². The molecular formula is C27H27N3O7. The number of fused-ring (bicyclic) bond motifs is 1. The quantitative estimate of drug-likeness (QED) is 0.282. The summed E-state index contributed by atoms with van der Waals surface area (Å²) < 4.78 is 24.0. The molecular weight excluding hydrogens is 478 g/mol. The Labute approximate surface area is 213 Å². The Balaban J connectivity index is 1.58. The number of nitrogens with zero attached hydrogens (tertiary/aromatic N) is 3. The number of rotatable bonds is 8. The minimum atomic E-state index is -0.864. The van der Waals surface area contributed by atoms with E-state index in [0.717, 1.165) is 0 Å². The van der Waals surface area contributed by atoms with Crippen molar-refractivity contribution in [1.82, 2.24) is 14.5 Å². The molecule has 0 spiro atoms. The summed E-state index contributed by atoms with van der Waals surface area (Å²) >= 11 is 0. The molecule has 0 bridgehead atoms. The Morgan fingerprint density at radius 2 is 1.86 bits per heavy atom. The third kappa shape index (κ3) is 4.57. The lowest BCUT2D eigenvalue weighted by Gasteiger charge is -2.27. The zero-order valence-corrected chi connectivity index (χ0v) is 20.5. The number of imidazole rings is 1. The summed E-state index contributed by atoms with van der Waals surface area (Å²) in [7, 11) is 3.04. The van der Waals surface area contributed by atoms with E-state index in [2.05, 4.69) is 4.98 Å². The van der Waals surface area contributed by atoms with E-state index < -0.39 is 17.7 Å². The first-order valence-electron chi connectivity index (χ1n) is 11.9. The molecule has 1 aromatic heterocycles. The van der Waals surface area contributed by atoms with E-state index in [1.165, 1.54) is 12.0 Å². The number of ether oxygens (including phenoxy) is 4. The third-order valence-electron chi connectivity index (χ3n) is 6.47. The van der Waals surface area contributed by atoms with Crippen molar-refractivity contribution in [2.75, 3.05) is 34.0 Å². The number of aromatic nitrogens is 2. The van der Waals surface area contributed by atoms with Gasteiger partial charge in [0.1, 0.15) is 30.5 Å². The average Bonchev–Trinajstić information content (AvgIpc) is 3.54. The van der Waals surface area contributed by atoms with Crippen LogP contribution in [0.2, 0.25) is 0 Å². The van der Waals surface area contributed by atoms with Crippen molar-refractivity contribution in [2.45, 2.75) is 19.0 Å². The first-order chi connectivity index (χ1) is 18.0.